The number of carbonyl (C=O) groups is 1. The molecule has 1 N–H and O–H groups in total. The van der Waals surface area contributed by atoms with E-state index in [2.05, 4.69) is 22.0 Å². The minimum absolute atomic E-state index is 0.0530. The number of pyridine rings is 2. The summed E-state index contributed by atoms with van der Waals surface area (Å²) in [5.74, 6) is -0.0530. The first-order chi connectivity index (χ1) is 11.5. The molecule has 2 rings (SSSR count). The molecular formula is C19H21N3O2. The number of carbonyl (C=O) groups excluding carboxylic acids is 1. The third-order valence-electron chi connectivity index (χ3n) is 3.22. The number of aromatic nitrogens is 2. The van der Waals surface area contributed by atoms with Gasteiger partial charge in [-0.25, -0.2) is 4.98 Å². The first-order valence-electron chi connectivity index (χ1n) is 7.61. The summed E-state index contributed by atoms with van der Waals surface area (Å²) < 4.78 is 0. The van der Waals surface area contributed by atoms with Gasteiger partial charge < -0.3 is 0 Å². The summed E-state index contributed by atoms with van der Waals surface area (Å²) in [6, 6.07) is 11.1. The highest BCUT2D eigenvalue weighted by atomic mass is 16.6. The maximum atomic E-state index is 11.4. The third-order valence-corrected chi connectivity index (χ3v) is 3.22. The molecular weight excluding hydrogens is 302 g/mol. The van der Waals surface area contributed by atoms with E-state index in [1.54, 1.807) is 6.07 Å². The number of Topliss-reactive ketones (excluding diaryl/α,β-unsaturated/α-hetero) is 1. The van der Waals surface area contributed by atoms with E-state index in [4.69, 9.17) is 4.84 Å². The van der Waals surface area contributed by atoms with Crippen molar-refractivity contribution in [3.63, 3.8) is 0 Å². The van der Waals surface area contributed by atoms with Crippen LogP contribution in [0.3, 0.4) is 0 Å². The molecule has 0 saturated carbocycles. The van der Waals surface area contributed by atoms with Gasteiger partial charge in [0, 0.05) is 12.6 Å². The van der Waals surface area contributed by atoms with Crippen LogP contribution in [0.25, 0.3) is 11.8 Å². The van der Waals surface area contributed by atoms with E-state index in [0.717, 1.165) is 22.7 Å². The van der Waals surface area contributed by atoms with Crippen molar-refractivity contribution in [2.75, 3.05) is 6.61 Å². The summed E-state index contributed by atoms with van der Waals surface area (Å²) in [5, 5.41) is 0. The number of ketones is 1. The Kier molecular flexibility index (Phi) is 5.98. The van der Waals surface area contributed by atoms with E-state index in [-0.39, 0.29) is 5.78 Å². The van der Waals surface area contributed by atoms with Gasteiger partial charge in [0.15, 0.2) is 5.78 Å². The van der Waals surface area contributed by atoms with Crippen molar-refractivity contribution < 1.29 is 9.63 Å². The number of aryl methyl sites for hydroxylation is 1. The van der Waals surface area contributed by atoms with Gasteiger partial charge in [-0.1, -0.05) is 18.7 Å². The Labute approximate surface area is 142 Å². The first-order valence-corrected chi connectivity index (χ1v) is 7.61. The van der Waals surface area contributed by atoms with Crippen LogP contribution < -0.4 is 5.48 Å². The molecule has 0 aliphatic carbocycles. The SMILES string of the molecule is C=C(NOCC(C)=Cc1cccc(C(C)=O)n1)c1cccc(C)n1. The van der Waals surface area contributed by atoms with Crippen molar-refractivity contribution in [3.05, 3.63) is 71.3 Å². The second-order valence-corrected chi connectivity index (χ2v) is 5.53. The molecule has 0 fully saturated rings. The van der Waals surface area contributed by atoms with E-state index in [0.29, 0.717) is 18.0 Å². The van der Waals surface area contributed by atoms with Gasteiger partial charge in [-0.2, -0.15) is 0 Å². The van der Waals surface area contributed by atoms with E-state index in [1.807, 2.05) is 50.3 Å². The Morgan fingerprint density at radius 2 is 1.88 bits per heavy atom. The molecule has 0 aromatic carbocycles. The average molecular weight is 323 g/mol. The van der Waals surface area contributed by atoms with Crippen molar-refractivity contribution in [2.24, 2.45) is 0 Å². The Morgan fingerprint density at radius 1 is 1.17 bits per heavy atom. The summed E-state index contributed by atoms with van der Waals surface area (Å²) in [6.07, 6.45) is 1.88. The van der Waals surface area contributed by atoms with Gasteiger partial charge in [0.2, 0.25) is 0 Å². The lowest BCUT2D eigenvalue weighted by atomic mass is 10.2. The summed E-state index contributed by atoms with van der Waals surface area (Å²) in [7, 11) is 0. The maximum Gasteiger partial charge on any atom is 0.178 e. The van der Waals surface area contributed by atoms with Crippen LogP contribution in [0.4, 0.5) is 0 Å². The van der Waals surface area contributed by atoms with Crippen LogP contribution in [0, 0.1) is 6.92 Å². The predicted octanol–water partition coefficient (Wildman–Crippen LogP) is 3.58. The Morgan fingerprint density at radius 3 is 2.58 bits per heavy atom. The van der Waals surface area contributed by atoms with Crippen LogP contribution in [-0.4, -0.2) is 22.4 Å². The predicted molar refractivity (Wildman–Crippen MR) is 95.0 cm³/mol. The minimum atomic E-state index is -0.0530. The van der Waals surface area contributed by atoms with Gasteiger partial charge in [0.1, 0.15) is 5.69 Å². The zero-order valence-electron chi connectivity index (χ0n) is 14.2. The minimum Gasteiger partial charge on any atom is -0.293 e. The molecule has 0 unspecified atom stereocenters. The van der Waals surface area contributed by atoms with E-state index < -0.39 is 0 Å². The number of hydroxylamine groups is 1. The van der Waals surface area contributed by atoms with Crippen LogP contribution in [0.2, 0.25) is 0 Å². The molecule has 0 bridgehead atoms. The summed E-state index contributed by atoms with van der Waals surface area (Å²) in [4.78, 5) is 25.5. The van der Waals surface area contributed by atoms with Crippen LogP contribution in [0.1, 0.15) is 41.4 Å². The average Bonchev–Trinajstić information content (AvgIpc) is 2.55. The topological polar surface area (TPSA) is 64.1 Å². The van der Waals surface area contributed by atoms with Gasteiger partial charge in [-0.3, -0.25) is 20.1 Å². The molecule has 24 heavy (non-hydrogen) atoms. The molecule has 2 aromatic heterocycles. The molecule has 0 atom stereocenters. The Hall–Kier alpha value is -2.79. The second kappa shape index (κ2) is 8.17. The van der Waals surface area contributed by atoms with Crippen molar-refractivity contribution >= 4 is 17.6 Å². The van der Waals surface area contributed by atoms with Crippen LogP contribution in [0.5, 0.6) is 0 Å². The molecule has 5 heteroatoms. The highest BCUT2D eigenvalue weighted by Crippen LogP contribution is 2.09. The largest absolute Gasteiger partial charge is 0.293 e. The van der Waals surface area contributed by atoms with Gasteiger partial charge in [0.25, 0.3) is 0 Å². The smallest absolute Gasteiger partial charge is 0.178 e. The van der Waals surface area contributed by atoms with Crippen molar-refractivity contribution in [1.82, 2.24) is 15.4 Å². The number of nitrogens with zero attached hydrogens (tertiary/aromatic N) is 2. The summed E-state index contributed by atoms with van der Waals surface area (Å²) in [5.41, 5.74) is 7.20. The van der Waals surface area contributed by atoms with E-state index in [9.17, 15) is 4.79 Å². The van der Waals surface area contributed by atoms with Gasteiger partial charge >= 0.3 is 0 Å². The quantitative estimate of drug-likeness (QED) is 0.623. The van der Waals surface area contributed by atoms with Gasteiger partial charge in [-0.15, -0.1) is 0 Å². The normalized spacial score (nSPS) is 11.2. The zero-order valence-corrected chi connectivity index (χ0v) is 14.2. The Bertz CT molecular complexity index is 782. The fourth-order valence-electron chi connectivity index (χ4n) is 2.02. The summed E-state index contributed by atoms with van der Waals surface area (Å²) >= 11 is 0. The summed E-state index contributed by atoms with van der Waals surface area (Å²) in [6.45, 7) is 9.62. The number of hydrogen-bond acceptors (Lipinski definition) is 5. The van der Waals surface area contributed by atoms with Crippen LogP contribution in [-0.2, 0) is 4.84 Å². The number of nitrogens with one attached hydrogen (secondary N) is 1. The van der Waals surface area contributed by atoms with Crippen molar-refractivity contribution in [1.29, 1.82) is 0 Å². The van der Waals surface area contributed by atoms with Gasteiger partial charge in [0.05, 0.1) is 23.7 Å². The zero-order chi connectivity index (χ0) is 17.5. The fourth-order valence-corrected chi connectivity index (χ4v) is 2.02. The lowest BCUT2D eigenvalue weighted by Gasteiger charge is -2.10. The van der Waals surface area contributed by atoms with E-state index in [1.165, 1.54) is 6.92 Å². The molecule has 2 heterocycles. The highest BCUT2D eigenvalue weighted by Gasteiger charge is 2.03. The van der Waals surface area contributed by atoms with Crippen molar-refractivity contribution in [3.8, 4) is 0 Å². The molecule has 0 radical (unpaired) electrons. The van der Waals surface area contributed by atoms with E-state index >= 15 is 0 Å². The fraction of sp³-hybridized carbons (Fsp3) is 0.211. The number of rotatable bonds is 7. The maximum absolute atomic E-state index is 11.4. The first kappa shape index (κ1) is 17.6. The lowest BCUT2D eigenvalue weighted by molar-refractivity contribution is 0.0982. The molecule has 0 spiro atoms. The molecule has 2 aromatic rings. The molecule has 5 nitrogen and oxygen atoms in total. The second-order valence-electron chi connectivity index (χ2n) is 5.53. The molecule has 124 valence electrons. The standard InChI is InChI=1S/C19H21N3O2/c1-13(11-17-8-6-10-19(21-17)16(4)23)12-24-22-15(3)18-9-5-7-14(2)20-18/h5-11,22H,3,12H2,1-2,4H3. The molecule has 0 saturated heterocycles. The molecule has 0 amide bonds. The van der Waals surface area contributed by atoms with Crippen LogP contribution in [0.15, 0.2) is 48.6 Å². The highest BCUT2D eigenvalue weighted by molar-refractivity contribution is 5.92. The number of hydrogen-bond donors (Lipinski definition) is 1. The lowest BCUT2D eigenvalue weighted by Crippen LogP contribution is -2.14. The monoisotopic (exact) mass is 323 g/mol. The molecule has 0 aliphatic heterocycles. The van der Waals surface area contributed by atoms with Crippen molar-refractivity contribution in [2.45, 2.75) is 20.8 Å². The Balaban J connectivity index is 1.91. The third kappa shape index (κ3) is 5.14. The molecule has 0 aliphatic rings. The van der Waals surface area contributed by atoms with Gasteiger partial charge in [-0.05, 0) is 49.8 Å². The van der Waals surface area contributed by atoms with Crippen LogP contribution >= 0.6 is 0 Å².